The number of pyridine rings is 1. The number of nitrogens with one attached hydrogen (secondary N) is 1. The number of unbranched alkanes of at least 4 members (excludes halogenated alkanes) is 1. The van der Waals surface area contributed by atoms with E-state index >= 15 is 0 Å². The molecule has 0 saturated heterocycles. The third kappa shape index (κ3) is 5.10. The van der Waals surface area contributed by atoms with Gasteiger partial charge in [0.2, 0.25) is 0 Å². The zero-order chi connectivity index (χ0) is 19.1. The van der Waals surface area contributed by atoms with Crippen molar-refractivity contribution in [3.05, 3.63) is 55.6 Å². The van der Waals surface area contributed by atoms with Gasteiger partial charge in [0.15, 0.2) is 0 Å². The Bertz CT molecular complexity index is 808. The first-order valence-corrected chi connectivity index (χ1v) is 11.1. The van der Waals surface area contributed by atoms with Gasteiger partial charge in [-0.2, -0.15) is 0 Å². The number of hydrogen-bond donors (Lipinski definition) is 1. The molecular weight excluding hydrogens is 356 g/mol. The first kappa shape index (κ1) is 19.9. The molecule has 0 aliphatic heterocycles. The Hall–Kier alpha value is -1.88. The molecule has 1 aliphatic rings. The van der Waals surface area contributed by atoms with Crippen LogP contribution < -0.4 is 10.9 Å². The molecule has 4 nitrogen and oxygen atoms in total. The molecule has 5 heteroatoms. The molecule has 2 aromatic heterocycles. The van der Waals surface area contributed by atoms with E-state index in [4.69, 9.17) is 0 Å². The number of aromatic nitrogens is 1. The van der Waals surface area contributed by atoms with Gasteiger partial charge >= 0.3 is 0 Å². The summed E-state index contributed by atoms with van der Waals surface area (Å²) >= 11 is 1.69. The van der Waals surface area contributed by atoms with Crippen LogP contribution in [0.2, 0.25) is 0 Å². The summed E-state index contributed by atoms with van der Waals surface area (Å²) in [6.07, 6.45) is 9.46. The molecule has 0 bridgehead atoms. The van der Waals surface area contributed by atoms with E-state index in [2.05, 4.69) is 18.3 Å². The maximum absolute atomic E-state index is 13.1. The van der Waals surface area contributed by atoms with E-state index < -0.39 is 0 Å². The van der Waals surface area contributed by atoms with Crippen LogP contribution in [0.15, 0.2) is 28.4 Å². The normalized spacial score (nSPS) is 14.3. The van der Waals surface area contributed by atoms with Gasteiger partial charge < -0.3 is 9.88 Å². The van der Waals surface area contributed by atoms with Gasteiger partial charge in [0.1, 0.15) is 5.56 Å². The number of rotatable bonds is 7. The number of fused-ring (bicyclic) bond motifs is 1. The lowest BCUT2D eigenvalue weighted by atomic mass is 9.95. The molecule has 3 rings (SSSR count). The van der Waals surface area contributed by atoms with Crippen molar-refractivity contribution in [2.24, 2.45) is 0 Å². The minimum Gasteiger partial charge on any atom is -0.352 e. The average molecular weight is 387 g/mol. The summed E-state index contributed by atoms with van der Waals surface area (Å²) in [6, 6.07) is 5.97. The summed E-state index contributed by atoms with van der Waals surface area (Å²) in [5.74, 6) is -0.230. The monoisotopic (exact) mass is 386 g/mol. The van der Waals surface area contributed by atoms with Gasteiger partial charge in [-0.25, -0.2) is 0 Å². The highest BCUT2D eigenvalue weighted by Gasteiger charge is 2.19. The van der Waals surface area contributed by atoms with E-state index in [0.717, 1.165) is 44.9 Å². The van der Waals surface area contributed by atoms with E-state index in [1.165, 1.54) is 29.0 Å². The second kappa shape index (κ2) is 9.88. The van der Waals surface area contributed by atoms with Gasteiger partial charge in [-0.1, -0.05) is 32.3 Å². The summed E-state index contributed by atoms with van der Waals surface area (Å²) in [7, 11) is 0. The molecule has 27 heavy (non-hydrogen) atoms. The molecule has 0 aromatic carbocycles. The molecule has 1 N–H and O–H groups in total. The standard InChI is InChI=1S/C22H30N2O2S/c1-2-3-14-24-20-11-7-5-4-6-9-17(20)16-19(22(24)26)21(25)23-13-12-18-10-8-15-27-18/h8,10,15-16H,2-7,9,11-14H2,1H3,(H,23,25). The summed E-state index contributed by atoms with van der Waals surface area (Å²) < 4.78 is 1.90. The summed E-state index contributed by atoms with van der Waals surface area (Å²) in [4.78, 5) is 27.1. The van der Waals surface area contributed by atoms with Gasteiger partial charge in [-0.3, -0.25) is 9.59 Å². The quantitative estimate of drug-likeness (QED) is 0.769. The van der Waals surface area contributed by atoms with Crippen molar-refractivity contribution in [2.45, 2.75) is 71.3 Å². The van der Waals surface area contributed by atoms with Crippen LogP contribution in [0, 0.1) is 0 Å². The number of amides is 1. The third-order valence-corrected chi connectivity index (χ3v) is 6.25. The smallest absolute Gasteiger partial charge is 0.263 e. The van der Waals surface area contributed by atoms with Gasteiger partial charge in [0.25, 0.3) is 11.5 Å². The Kier molecular flexibility index (Phi) is 7.27. The van der Waals surface area contributed by atoms with Crippen molar-refractivity contribution in [3.8, 4) is 0 Å². The molecule has 2 heterocycles. The largest absolute Gasteiger partial charge is 0.352 e. The Labute approximate surface area is 165 Å². The number of carbonyl (C=O) groups excluding carboxylic acids is 1. The first-order valence-electron chi connectivity index (χ1n) is 10.3. The van der Waals surface area contributed by atoms with Crippen LogP contribution in [-0.2, 0) is 25.8 Å². The lowest BCUT2D eigenvalue weighted by Gasteiger charge is -2.21. The van der Waals surface area contributed by atoms with Crippen molar-refractivity contribution in [3.63, 3.8) is 0 Å². The zero-order valence-corrected chi connectivity index (χ0v) is 17.1. The minimum atomic E-state index is -0.230. The fourth-order valence-electron chi connectivity index (χ4n) is 3.80. The number of thiophene rings is 1. The Morgan fingerprint density at radius 3 is 2.78 bits per heavy atom. The number of aryl methyl sites for hydroxylation is 1. The SMILES string of the molecule is CCCCn1c2c(cc(C(=O)NCCc3cccs3)c1=O)CCCCCC2. The third-order valence-electron chi connectivity index (χ3n) is 5.32. The Morgan fingerprint density at radius 2 is 2.04 bits per heavy atom. The van der Waals surface area contributed by atoms with Crippen molar-refractivity contribution in [1.82, 2.24) is 9.88 Å². The molecule has 146 valence electrons. The highest BCUT2D eigenvalue weighted by Crippen LogP contribution is 2.20. The van der Waals surface area contributed by atoms with Crippen molar-refractivity contribution < 1.29 is 4.79 Å². The first-order chi connectivity index (χ1) is 13.2. The molecule has 0 saturated carbocycles. The van der Waals surface area contributed by atoms with Crippen LogP contribution in [-0.4, -0.2) is 17.0 Å². The lowest BCUT2D eigenvalue weighted by molar-refractivity contribution is 0.0952. The van der Waals surface area contributed by atoms with Crippen LogP contribution in [0.1, 0.15) is 71.9 Å². The molecule has 0 spiro atoms. The van der Waals surface area contributed by atoms with Gasteiger partial charge in [0, 0.05) is 23.7 Å². The maximum atomic E-state index is 13.1. The molecule has 1 amide bonds. The number of carbonyl (C=O) groups is 1. The molecule has 0 fully saturated rings. The van der Waals surface area contributed by atoms with Crippen molar-refractivity contribution in [2.75, 3.05) is 6.54 Å². The minimum absolute atomic E-state index is 0.114. The van der Waals surface area contributed by atoms with Gasteiger partial charge in [0.05, 0.1) is 0 Å². The molecule has 2 aromatic rings. The van der Waals surface area contributed by atoms with Crippen LogP contribution in [0.3, 0.4) is 0 Å². The summed E-state index contributed by atoms with van der Waals surface area (Å²) in [5.41, 5.74) is 2.57. The highest BCUT2D eigenvalue weighted by atomic mass is 32.1. The predicted octanol–water partition coefficient (Wildman–Crippen LogP) is 4.34. The molecule has 1 aliphatic carbocycles. The summed E-state index contributed by atoms with van der Waals surface area (Å²) in [5, 5.41) is 4.99. The van der Waals surface area contributed by atoms with Gasteiger partial charge in [-0.15, -0.1) is 11.3 Å². The van der Waals surface area contributed by atoms with Crippen LogP contribution in [0.25, 0.3) is 0 Å². The molecule has 0 atom stereocenters. The predicted molar refractivity (Wildman–Crippen MR) is 112 cm³/mol. The van der Waals surface area contributed by atoms with Crippen molar-refractivity contribution in [1.29, 1.82) is 0 Å². The van der Waals surface area contributed by atoms with Crippen LogP contribution in [0.4, 0.5) is 0 Å². The van der Waals surface area contributed by atoms with E-state index in [9.17, 15) is 9.59 Å². The topological polar surface area (TPSA) is 51.1 Å². The second-order valence-electron chi connectivity index (χ2n) is 7.34. The summed E-state index contributed by atoms with van der Waals surface area (Å²) in [6.45, 7) is 3.41. The highest BCUT2D eigenvalue weighted by molar-refractivity contribution is 7.09. The fourth-order valence-corrected chi connectivity index (χ4v) is 4.51. The fraction of sp³-hybridized carbons (Fsp3) is 0.545. The average Bonchev–Trinajstić information content (AvgIpc) is 3.15. The lowest BCUT2D eigenvalue weighted by Crippen LogP contribution is -2.36. The maximum Gasteiger partial charge on any atom is 0.263 e. The number of hydrogen-bond acceptors (Lipinski definition) is 3. The van der Waals surface area contributed by atoms with Gasteiger partial charge in [-0.05, 0) is 61.6 Å². The van der Waals surface area contributed by atoms with E-state index in [1.54, 1.807) is 11.3 Å². The molecule has 0 unspecified atom stereocenters. The Balaban J connectivity index is 1.83. The second-order valence-corrected chi connectivity index (χ2v) is 8.37. The molecular formula is C22H30N2O2S. The number of nitrogens with zero attached hydrogens (tertiary/aromatic N) is 1. The molecule has 0 radical (unpaired) electrons. The Morgan fingerprint density at radius 1 is 1.22 bits per heavy atom. The van der Waals surface area contributed by atoms with E-state index in [0.29, 0.717) is 18.7 Å². The van der Waals surface area contributed by atoms with E-state index in [-0.39, 0.29) is 11.5 Å². The zero-order valence-electron chi connectivity index (χ0n) is 16.3. The van der Waals surface area contributed by atoms with Crippen LogP contribution >= 0.6 is 11.3 Å². The van der Waals surface area contributed by atoms with Crippen molar-refractivity contribution >= 4 is 17.2 Å². The van der Waals surface area contributed by atoms with E-state index in [1.807, 2.05) is 22.1 Å². The van der Waals surface area contributed by atoms with Crippen LogP contribution in [0.5, 0.6) is 0 Å².